The summed E-state index contributed by atoms with van der Waals surface area (Å²) in [6, 6.07) is -0.620. The van der Waals surface area contributed by atoms with Crippen LogP contribution in [0, 0.1) is 7.43 Å². The number of carbonyl (C=O) groups is 1. The van der Waals surface area contributed by atoms with Crippen LogP contribution in [-0.4, -0.2) is 77.0 Å². The Morgan fingerprint density at radius 3 is 1.69 bits per heavy atom. The number of allylic oxidation sites excluding steroid dienone is 2. The lowest BCUT2D eigenvalue weighted by atomic mass is 10.4. The number of rotatable bonds is 10. The van der Waals surface area contributed by atoms with Crippen LogP contribution in [-0.2, 0) is 19.6 Å². The van der Waals surface area contributed by atoms with Crippen LogP contribution >= 0.6 is 0 Å². The van der Waals surface area contributed by atoms with Gasteiger partial charge in [0.25, 0.3) is 10.1 Å². The molecular weight excluding hydrogens is 430 g/mol. The quantitative estimate of drug-likeness (QED) is 0.0853. The summed E-state index contributed by atoms with van der Waals surface area (Å²) in [5.41, 5.74) is 0.856. The third kappa shape index (κ3) is 45.9. The van der Waals surface area contributed by atoms with Crippen molar-refractivity contribution < 1.29 is 27.0 Å². The van der Waals surface area contributed by atoms with Gasteiger partial charge >= 0.3 is 0 Å². The molecule has 0 heterocycles. The fourth-order valence-corrected chi connectivity index (χ4v) is 1.95. The van der Waals surface area contributed by atoms with Crippen molar-refractivity contribution in [3.8, 4) is 0 Å². The Morgan fingerprint density at radius 2 is 1.56 bits per heavy atom. The molecule has 9 heteroatoms. The normalized spacial score (nSPS) is 10.1. The van der Waals surface area contributed by atoms with Crippen LogP contribution in [0.15, 0.2) is 75.2 Å². The molecular formula is C23H45N3O5S. The summed E-state index contributed by atoms with van der Waals surface area (Å²) in [6.07, 6.45) is 6.18. The third-order valence-electron chi connectivity index (χ3n) is 2.77. The molecule has 0 bridgehead atoms. The maximum atomic E-state index is 10.6. The Balaban J connectivity index is -0.000000106. The minimum Gasteiger partial charge on any atom is -0.497 e. The van der Waals surface area contributed by atoms with E-state index in [0.717, 1.165) is 22.8 Å². The molecule has 3 N–H and O–H groups in total. The van der Waals surface area contributed by atoms with Crippen molar-refractivity contribution in [1.29, 1.82) is 0 Å². The van der Waals surface area contributed by atoms with E-state index in [1.165, 1.54) is 6.92 Å². The molecule has 188 valence electrons. The molecule has 0 radical (unpaired) electrons. The van der Waals surface area contributed by atoms with Crippen LogP contribution in [0.25, 0.3) is 0 Å². The van der Waals surface area contributed by atoms with Gasteiger partial charge in [0.1, 0.15) is 5.76 Å². The molecule has 0 aromatic heterocycles. The fraction of sp³-hybridized carbons (Fsp3) is 0.391. The minimum atomic E-state index is -4.03. The Morgan fingerprint density at radius 1 is 1.09 bits per heavy atom. The lowest BCUT2D eigenvalue weighted by Gasteiger charge is -2.21. The molecule has 1 atom stereocenters. The molecule has 8 nitrogen and oxygen atoms in total. The van der Waals surface area contributed by atoms with E-state index in [4.69, 9.17) is 4.55 Å². The molecule has 0 aliphatic carbocycles. The van der Waals surface area contributed by atoms with Crippen LogP contribution in [0.5, 0.6) is 0 Å². The average molecular weight is 476 g/mol. The van der Waals surface area contributed by atoms with Gasteiger partial charge in [-0.05, 0) is 31.2 Å². The van der Waals surface area contributed by atoms with Crippen molar-refractivity contribution in [3.63, 3.8) is 0 Å². The zero-order valence-corrected chi connectivity index (χ0v) is 21.8. The summed E-state index contributed by atoms with van der Waals surface area (Å²) in [4.78, 5) is 10.6. The van der Waals surface area contributed by atoms with Gasteiger partial charge in [-0.15, -0.1) is 0 Å². The van der Waals surface area contributed by atoms with Crippen LogP contribution in [0.3, 0.4) is 0 Å². The van der Waals surface area contributed by atoms with Gasteiger partial charge in [-0.25, -0.2) is 0 Å². The minimum absolute atomic E-state index is 0. The van der Waals surface area contributed by atoms with Gasteiger partial charge in [0.15, 0.2) is 0 Å². The number of carbonyl (C=O) groups excluding carboxylic acids is 1. The zero-order chi connectivity index (χ0) is 25.7. The molecule has 0 aliphatic rings. The topological polar surface area (TPSA) is 105 Å². The molecule has 32 heavy (non-hydrogen) atoms. The van der Waals surface area contributed by atoms with Crippen molar-refractivity contribution in [2.75, 3.05) is 47.6 Å². The molecule has 0 aromatic rings. The highest BCUT2D eigenvalue weighted by atomic mass is 32.2. The molecule has 0 spiro atoms. The number of quaternary nitrogens is 1. The maximum absolute atomic E-state index is 10.6. The van der Waals surface area contributed by atoms with Crippen LogP contribution in [0.1, 0.15) is 6.92 Å². The summed E-state index contributed by atoms with van der Waals surface area (Å²) in [7, 11) is 5.76. The Bertz CT molecular complexity index is 658. The molecule has 0 aliphatic heterocycles. The van der Waals surface area contributed by atoms with E-state index >= 15 is 0 Å². The van der Waals surface area contributed by atoms with Gasteiger partial charge in [-0.1, -0.05) is 39.5 Å². The van der Waals surface area contributed by atoms with E-state index in [1.54, 1.807) is 19.3 Å². The molecule has 0 fully saturated rings. The number of hydrogen-bond acceptors (Lipinski definition) is 5. The third-order valence-corrected chi connectivity index (χ3v) is 3.69. The molecule has 0 saturated heterocycles. The Hall–Kier alpha value is -2.62. The molecule has 1 amide bonds. The van der Waals surface area contributed by atoms with Crippen molar-refractivity contribution >= 4 is 16.0 Å². The van der Waals surface area contributed by atoms with E-state index in [2.05, 4.69) is 76.0 Å². The SMILES string of the molecule is C=CC(=C)NC.C=CC(=C)OC.C=CC(=O)NC(C)CS(=O)(=O)O.C=CC[N+](C)(C)C.[CH3-]. The van der Waals surface area contributed by atoms with E-state index in [9.17, 15) is 13.2 Å². The second-order valence-corrected chi connectivity index (χ2v) is 8.48. The monoisotopic (exact) mass is 475 g/mol. The molecule has 0 saturated carbocycles. The largest absolute Gasteiger partial charge is 0.497 e. The number of amides is 1. The molecule has 0 rings (SSSR count). The molecule has 1 unspecified atom stereocenters. The second-order valence-electron chi connectivity index (χ2n) is 6.98. The number of likely N-dealkylation sites (N-methyl/N-ethyl adjacent to an activating group) is 2. The Labute approximate surface area is 197 Å². The van der Waals surface area contributed by atoms with Crippen LogP contribution < -0.4 is 10.6 Å². The van der Waals surface area contributed by atoms with E-state index < -0.39 is 27.8 Å². The number of hydrogen-bond donors (Lipinski definition) is 3. The van der Waals surface area contributed by atoms with Gasteiger partial charge < -0.3 is 27.3 Å². The Kier molecular flexibility index (Phi) is 28.7. The first-order valence-corrected chi connectivity index (χ1v) is 10.8. The first-order chi connectivity index (χ1) is 14.0. The first-order valence-electron chi connectivity index (χ1n) is 9.17. The van der Waals surface area contributed by atoms with E-state index in [-0.39, 0.29) is 7.43 Å². The van der Waals surface area contributed by atoms with Crippen molar-refractivity contribution in [2.45, 2.75) is 13.0 Å². The number of nitrogens with zero attached hydrogens (tertiary/aromatic N) is 1. The fourth-order valence-electron chi connectivity index (χ4n) is 1.23. The van der Waals surface area contributed by atoms with Gasteiger partial charge in [0, 0.05) is 18.8 Å². The number of nitrogens with one attached hydrogen (secondary N) is 2. The highest BCUT2D eigenvalue weighted by molar-refractivity contribution is 7.85. The average Bonchev–Trinajstić information content (AvgIpc) is 2.65. The standard InChI is InChI=1S/C6H11NO4S.C6H14N.C5H9N.C5H8O.CH3/c1-3-6(8)7-5(2)4-12(9,10)11;1-5-6-7(2,3)4;2*1-4-5(2)6-3;/h3,5H,1,4H2,2H3,(H,7,8)(H,9,10,11);5H,1,6H2,2-4H3;4,6H,1-2H2,3H3;4H,1-2H2,3H3;1H3/q;+1;;;-1. The number of ether oxygens (including phenoxy) is 1. The maximum Gasteiger partial charge on any atom is 0.266 e. The van der Waals surface area contributed by atoms with Gasteiger partial charge in [-0.3, -0.25) is 9.35 Å². The lowest BCUT2D eigenvalue weighted by Crippen LogP contribution is -2.36. The van der Waals surface area contributed by atoms with Gasteiger partial charge in [0.2, 0.25) is 5.91 Å². The highest BCUT2D eigenvalue weighted by Crippen LogP contribution is 1.89. The zero-order valence-electron chi connectivity index (χ0n) is 21.0. The smallest absolute Gasteiger partial charge is 0.266 e. The lowest BCUT2D eigenvalue weighted by molar-refractivity contribution is -0.864. The molecule has 0 aromatic carbocycles. The van der Waals surface area contributed by atoms with Crippen molar-refractivity contribution in [2.24, 2.45) is 0 Å². The summed E-state index contributed by atoms with van der Waals surface area (Å²) >= 11 is 0. The van der Waals surface area contributed by atoms with E-state index in [1.807, 2.05) is 13.1 Å². The van der Waals surface area contributed by atoms with Crippen LogP contribution in [0.2, 0.25) is 0 Å². The van der Waals surface area contributed by atoms with Crippen LogP contribution in [0.4, 0.5) is 0 Å². The second kappa shape index (κ2) is 23.1. The van der Waals surface area contributed by atoms with Gasteiger partial charge in [0.05, 0.1) is 40.6 Å². The van der Waals surface area contributed by atoms with E-state index in [0.29, 0.717) is 5.76 Å². The highest BCUT2D eigenvalue weighted by Gasteiger charge is 2.12. The number of methoxy groups -OCH3 is 1. The summed E-state index contributed by atoms with van der Waals surface area (Å²) < 4.78 is 34.5. The van der Waals surface area contributed by atoms with Gasteiger partial charge in [-0.2, -0.15) is 8.42 Å². The summed E-state index contributed by atoms with van der Waals surface area (Å²) in [6.45, 7) is 23.2. The van der Waals surface area contributed by atoms with Crippen molar-refractivity contribution in [1.82, 2.24) is 10.6 Å². The predicted molar refractivity (Wildman–Crippen MR) is 138 cm³/mol. The first kappa shape index (κ1) is 39.8. The van der Waals surface area contributed by atoms with Crippen molar-refractivity contribution in [3.05, 3.63) is 82.7 Å². The summed E-state index contributed by atoms with van der Waals surface area (Å²) in [5, 5.41) is 5.09. The predicted octanol–water partition coefficient (Wildman–Crippen LogP) is 3.13. The summed E-state index contributed by atoms with van der Waals surface area (Å²) in [5.74, 6) is -0.354.